The van der Waals surface area contributed by atoms with Crippen molar-refractivity contribution in [1.82, 2.24) is 10.2 Å². The Labute approximate surface area is 101 Å². The predicted molar refractivity (Wildman–Crippen MR) is 67.5 cm³/mol. The van der Waals surface area contributed by atoms with Gasteiger partial charge in [-0.1, -0.05) is 12.8 Å². The molecule has 0 bridgehead atoms. The Balaban J connectivity index is 1.86. The number of nitrogens with one attached hydrogen (secondary N) is 1. The average molecular weight is 236 g/mol. The molecule has 5 nitrogen and oxygen atoms in total. The van der Waals surface area contributed by atoms with Crippen LogP contribution in [0.25, 0.3) is 0 Å². The molecule has 2 rings (SSSR count). The van der Waals surface area contributed by atoms with E-state index in [9.17, 15) is 5.11 Å². The molecule has 2 unspecified atom stereocenters. The van der Waals surface area contributed by atoms with Crippen LogP contribution < -0.4 is 11.1 Å². The van der Waals surface area contributed by atoms with Crippen LogP contribution in [0.2, 0.25) is 0 Å². The molecule has 0 spiro atoms. The van der Waals surface area contributed by atoms with Crippen molar-refractivity contribution in [2.45, 2.75) is 25.7 Å². The third-order valence-corrected chi connectivity index (χ3v) is 3.53. The average Bonchev–Trinajstić information content (AvgIpc) is 2.38. The molecule has 0 radical (unpaired) electrons. The zero-order chi connectivity index (χ0) is 12.1. The number of aliphatic hydroxyl groups is 1. The monoisotopic (exact) mass is 236 g/mol. The molecule has 0 aromatic carbocycles. The van der Waals surface area contributed by atoms with Gasteiger partial charge < -0.3 is 16.2 Å². The number of nitrogens with two attached hydrogens (primary N) is 1. The maximum atomic E-state index is 9.32. The van der Waals surface area contributed by atoms with E-state index < -0.39 is 0 Å². The minimum absolute atomic E-state index is 0.291. The first-order chi connectivity index (χ1) is 8.29. The highest BCUT2D eigenvalue weighted by Crippen LogP contribution is 2.29. The predicted octanol–water partition coefficient (Wildman–Crippen LogP) is 1.27. The lowest BCUT2D eigenvalue weighted by atomic mass is 9.79. The van der Waals surface area contributed by atoms with Crippen molar-refractivity contribution >= 4 is 11.6 Å². The number of anilines is 2. The number of nitrogen functional groups attached to an aromatic ring is 1. The summed E-state index contributed by atoms with van der Waals surface area (Å²) in [7, 11) is 0. The molecule has 2 atom stereocenters. The molecule has 0 saturated heterocycles. The van der Waals surface area contributed by atoms with Crippen molar-refractivity contribution in [3.63, 3.8) is 0 Å². The zero-order valence-electron chi connectivity index (χ0n) is 9.97. The fraction of sp³-hybridized carbons (Fsp3) is 0.667. The summed E-state index contributed by atoms with van der Waals surface area (Å²) in [5, 5.41) is 20.4. The van der Waals surface area contributed by atoms with Gasteiger partial charge in [0.2, 0.25) is 0 Å². The minimum Gasteiger partial charge on any atom is -0.396 e. The number of aliphatic hydroxyl groups excluding tert-OH is 1. The van der Waals surface area contributed by atoms with Gasteiger partial charge in [-0.15, -0.1) is 10.2 Å². The lowest BCUT2D eigenvalue weighted by Gasteiger charge is -2.30. The van der Waals surface area contributed by atoms with Gasteiger partial charge in [0.15, 0.2) is 0 Å². The molecular formula is C12H20N4O. The van der Waals surface area contributed by atoms with Gasteiger partial charge in [0.1, 0.15) is 11.6 Å². The van der Waals surface area contributed by atoms with Gasteiger partial charge in [-0.05, 0) is 36.8 Å². The Kier molecular flexibility index (Phi) is 4.14. The minimum atomic E-state index is 0.291. The fourth-order valence-corrected chi connectivity index (χ4v) is 2.47. The van der Waals surface area contributed by atoms with E-state index in [1.54, 1.807) is 6.07 Å². The molecule has 0 aliphatic heterocycles. The topological polar surface area (TPSA) is 84.1 Å². The van der Waals surface area contributed by atoms with Gasteiger partial charge in [-0.2, -0.15) is 0 Å². The molecule has 17 heavy (non-hydrogen) atoms. The molecule has 94 valence electrons. The molecule has 1 fully saturated rings. The van der Waals surface area contributed by atoms with Crippen LogP contribution in [0, 0.1) is 11.8 Å². The van der Waals surface area contributed by atoms with Gasteiger partial charge in [-0.25, -0.2) is 0 Å². The van der Waals surface area contributed by atoms with Crippen molar-refractivity contribution in [2.24, 2.45) is 11.8 Å². The number of hydrogen-bond donors (Lipinski definition) is 3. The first kappa shape index (κ1) is 12.1. The first-order valence-corrected chi connectivity index (χ1v) is 6.23. The molecule has 1 aromatic heterocycles. The van der Waals surface area contributed by atoms with E-state index in [4.69, 9.17) is 5.73 Å². The van der Waals surface area contributed by atoms with Gasteiger partial charge >= 0.3 is 0 Å². The number of aromatic nitrogens is 2. The summed E-state index contributed by atoms with van der Waals surface area (Å²) >= 11 is 0. The smallest absolute Gasteiger partial charge is 0.148 e. The highest BCUT2D eigenvalue weighted by Gasteiger charge is 2.24. The maximum absolute atomic E-state index is 9.32. The van der Waals surface area contributed by atoms with E-state index in [0.29, 0.717) is 24.3 Å². The third-order valence-electron chi connectivity index (χ3n) is 3.53. The van der Waals surface area contributed by atoms with E-state index in [1.165, 1.54) is 19.3 Å². The lowest BCUT2D eigenvalue weighted by molar-refractivity contribution is 0.141. The van der Waals surface area contributed by atoms with Gasteiger partial charge in [0, 0.05) is 13.2 Å². The van der Waals surface area contributed by atoms with Crippen molar-refractivity contribution < 1.29 is 5.11 Å². The van der Waals surface area contributed by atoms with Crippen molar-refractivity contribution in [1.29, 1.82) is 0 Å². The summed E-state index contributed by atoms with van der Waals surface area (Å²) in [6.45, 7) is 1.14. The highest BCUT2D eigenvalue weighted by molar-refractivity contribution is 5.38. The summed E-state index contributed by atoms with van der Waals surface area (Å²) < 4.78 is 0. The van der Waals surface area contributed by atoms with E-state index >= 15 is 0 Å². The zero-order valence-corrected chi connectivity index (χ0v) is 9.97. The van der Waals surface area contributed by atoms with Crippen LogP contribution in [0.1, 0.15) is 25.7 Å². The Bertz CT molecular complexity index is 341. The Morgan fingerprint density at radius 1 is 1.24 bits per heavy atom. The quantitative estimate of drug-likeness (QED) is 0.733. The lowest BCUT2D eigenvalue weighted by Crippen LogP contribution is -2.28. The first-order valence-electron chi connectivity index (χ1n) is 6.23. The summed E-state index contributed by atoms with van der Waals surface area (Å²) in [5.41, 5.74) is 5.47. The second-order valence-corrected chi connectivity index (χ2v) is 4.71. The molecule has 4 N–H and O–H groups in total. The molecule has 1 saturated carbocycles. The van der Waals surface area contributed by atoms with Crippen molar-refractivity contribution in [2.75, 3.05) is 24.2 Å². The summed E-state index contributed by atoms with van der Waals surface area (Å²) in [5.74, 6) is 2.15. The van der Waals surface area contributed by atoms with Crippen molar-refractivity contribution in [3.8, 4) is 0 Å². The third kappa shape index (κ3) is 3.30. The highest BCUT2D eigenvalue weighted by atomic mass is 16.3. The molecule has 1 heterocycles. The van der Waals surface area contributed by atoms with Crippen LogP contribution >= 0.6 is 0 Å². The largest absolute Gasteiger partial charge is 0.396 e. The van der Waals surface area contributed by atoms with Crippen LogP contribution in [0.4, 0.5) is 11.6 Å². The van der Waals surface area contributed by atoms with Crippen molar-refractivity contribution in [3.05, 3.63) is 12.1 Å². The second-order valence-electron chi connectivity index (χ2n) is 4.71. The number of nitrogens with zero attached hydrogens (tertiary/aromatic N) is 2. The molecular weight excluding hydrogens is 216 g/mol. The number of hydrogen-bond acceptors (Lipinski definition) is 5. The number of rotatable bonds is 4. The van der Waals surface area contributed by atoms with Crippen LogP contribution in [-0.4, -0.2) is 28.5 Å². The molecule has 1 aliphatic carbocycles. The maximum Gasteiger partial charge on any atom is 0.148 e. The standard InChI is InChI=1S/C12H20N4O/c13-11-5-6-12(16-15-11)14-7-9-3-1-2-4-10(9)8-17/h5-6,9-10,17H,1-4,7-8H2,(H2,13,15)(H,14,16). The summed E-state index contributed by atoms with van der Waals surface area (Å²) in [6, 6.07) is 3.57. The van der Waals surface area contributed by atoms with E-state index in [0.717, 1.165) is 18.8 Å². The normalized spacial score (nSPS) is 24.5. The van der Waals surface area contributed by atoms with Crippen LogP contribution in [0.5, 0.6) is 0 Å². The van der Waals surface area contributed by atoms with Crippen LogP contribution in [0.15, 0.2) is 12.1 Å². The molecule has 1 aliphatic rings. The van der Waals surface area contributed by atoms with Crippen LogP contribution in [-0.2, 0) is 0 Å². The Morgan fingerprint density at radius 2 is 2.00 bits per heavy atom. The van der Waals surface area contributed by atoms with Crippen LogP contribution in [0.3, 0.4) is 0 Å². The summed E-state index contributed by atoms with van der Waals surface area (Å²) in [4.78, 5) is 0. The Hall–Kier alpha value is -1.36. The van der Waals surface area contributed by atoms with Gasteiger partial charge in [-0.3, -0.25) is 0 Å². The van der Waals surface area contributed by atoms with E-state index in [1.807, 2.05) is 6.07 Å². The molecule has 0 amide bonds. The second kappa shape index (κ2) is 5.82. The molecule has 1 aromatic rings. The van der Waals surface area contributed by atoms with Gasteiger partial charge in [0.25, 0.3) is 0 Å². The van der Waals surface area contributed by atoms with E-state index in [-0.39, 0.29) is 0 Å². The van der Waals surface area contributed by atoms with Gasteiger partial charge in [0.05, 0.1) is 0 Å². The van der Waals surface area contributed by atoms with E-state index in [2.05, 4.69) is 15.5 Å². The SMILES string of the molecule is Nc1ccc(NCC2CCCCC2CO)nn1. The fourth-order valence-electron chi connectivity index (χ4n) is 2.47. The summed E-state index contributed by atoms with van der Waals surface area (Å²) in [6.07, 6.45) is 4.82. The molecule has 5 heteroatoms. The Morgan fingerprint density at radius 3 is 2.65 bits per heavy atom.